The summed E-state index contributed by atoms with van der Waals surface area (Å²) >= 11 is 0. The molecule has 1 aliphatic rings. The van der Waals surface area contributed by atoms with Gasteiger partial charge in [0.1, 0.15) is 6.23 Å². The predicted molar refractivity (Wildman–Crippen MR) is 29.0 cm³/mol. The first-order valence-electron chi connectivity index (χ1n) is 2.87. The third-order valence-corrected chi connectivity index (χ3v) is 1.51. The van der Waals surface area contributed by atoms with Crippen LogP contribution in [0.3, 0.4) is 0 Å². The van der Waals surface area contributed by atoms with E-state index < -0.39 is 0 Å². The number of likely N-dealkylation sites (tertiary alicyclic amines) is 1. The Morgan fingerprint density at radius 3 is 2.62 bits per heavy atom. The molecule has 1 rings (SSSR count). The number of aliphatic hydroxyl groups excluding tert-OH is 2. The second-order valence-electron chi connectivity index (χ2n) is 2.08. The van der Waals surface area contributed by atoms with E-state index in [0.29, 0.717) is 0 Å². The van der Waals surface area contributed by atoms with Crippen LogP contribution in [0.1, 0.15) is 12.8 Å². The Balaban J connectivity index is 2.30. The van der Waals surface area contributed by atoms with Crippen LogP contribution in [0.5, 0.6) is 0 Å². The lowest BCUT2D eigenvalue weighted by Gasteiger charge is -2.14. The van der Waals surface area contributed by atoms with Gasteiger partial charge >= 0.3 is 0 Å². The van der Waals surface area contributed by atoms with Gasteiger partial charge in [-0.25, -0.2) is 0 Å². The second-order valence-corrected chi connectivity index (χ2v) is 2.08. The molecule has 1 atom stereocenters. The quantitative estimate of drug-likeness (QED) is 0.479. The number of hydrogen-bond donors (Lipinski definition) is 2. The molecule has 0 amide bonds. The predicted octanol–water partition coefficient (Wildman–Crippen LogP) is -0.650. The molecule has 1 fully saturated rings. The van der Waals surface area contributed by atoms with E-state index in [1.165, 1.54) is 0 Å². The molecular weight excluding hydrogens is 106 g/mol. The van der Waals surface area contributed by atoms with Crippen LogP contribution in [0.2, 0.25) is 0 Å². The van der Waals surface area contributed by atoms with Crippen LogP contribution in [0.4, 0.5) is 0 Å². The molecule has 2 N–H and O–H groups in total. The van der Waals surface area contributed by atoms with Crippen molar-refractivity contribution in [2.24, 2.45) is 0 Å². The minimum atomic E-state index is -0.389. The lowest BCUT2D eigenvalue weighted by Crippen LogP contribution is -2.29. The number of aliphatic hydroxyl groups is 2. The Labute approximate surface area is 48.5 Å². The van der Waals surface area contributed by atoms with Gasteiger partial charge in [0.25, 0.3) is 0 Å². The topological polar surface area (TPSA) is 43.7 Å². The van der Waals surface area contributed by atoms with E-state index in [1.807, 2.05) is 0 Å². The van der Waals surface area contributed by atoms with Crippen LogP contribution in [-0.2, 0) is 0 Å². The zero-order chi connectivity index (χ0) is 5.98. The van der Waals surface area contributed by atoms with Crippen molar-refractivity contribution in [3.05, 3.63) is 0 Å². The molecule has 0 aromatic rings. The third-order valence-electron chi connectivity index (χ3n) is 1.51. The van der Waals surface area contributed by atoms with E-state index in [1.54, 1.807) is 4.90 Å². The highest BCUT2D eigenvalue weighted by Gasteiger charge is 2.19. The van der Waals surface area contributed by atoms with E-state index >= 15 is 0 Å². The Kier molecular flexibility index (Phi) is 1.83. The Bertz CT molecular complexity index is 76.8. The molecule has 3 nitrogen and oxygen atoms in total. The Hall–Kier alpha value is -0.120. The van der Waals surface area contributed by atoms with Gasteiger partial charge in [0, 0.05) is 6.54 Å². The summed E-state index contributed by atoms with van der Waals surface area (Å²) in [6.07, 6.45) is 1.42. The molecule has 0 aromatic heterocycles. The normalized spacial score (nSPS) is 31.5. The summed E-state index contributed by atoms with van der Waals surface area (Å²) in [5, 5.41) is 17.5. The van der Waals surface area contributed by atoms with Crippen molar-refractivity contribution < 1.29 is 10.2 Å². The monoisotopic (exact) mass is 117 g/mol. The minimum Gasteiger partial charge on any atom is -0.381 e. The van der Waals surface area contributed by atoms with Crippen molar-refractivity contribution in [1.82, 2.24) is 4.90 Å². The highest BCUT2D eigenvalue weighted by molar-refractivity contribution is 4.66. The summed E-state index contributed by atoms with van der Waals surface area (Å²) < 4.78 is 0. The van der Waals surface area contributed by atoms with E-state index in [9.17, 15) is 0 Å². The fourth-order valence-electron chi connectivity index (χ4n) is 0.974. The first kappa shape index (κ1) is 6.01. The maximum absolute atomic E-state index is 8.95. The highest BCUT2D eigenvalue weighted by Crippen LogP contribution is 2.12. The van der Waals surface area contributed by atoms with Crippen LogP contribution >= 0.6 is 0 Å². The van der Waals surface area contributed by atoms with E-state index in [4.69, 9.17) is 10.2 Å². The van der Waals surface area contributed by atoms with Gasteiger partial charge in [-0.1, -0.05) is 0 Å². The molecule has 0 saturated carbocycles. The highest BCUT2D eigenvalue weighted by atomic mass is 16.3. The SMILES string of the molecule is OCN1CCCC1O. The molecule has 0 aliphatic carbocycles. The summed E-state index contributed by atoms with van der Waals surface area (Å²) in [6.45, 7) is 0.818. The molecular formula is C5H11NO2. The molecule has 8 heavy (non-hydrogen) atoms. The van der Waals surface area contributed by atoms with Crippen molar-refractivity contribution in [3.63, 3.8) is 0 Å². The molecule has 0 spiro atoms. The van der Waals surface area contributed by atoms with Crippen LogP contribution in [-0.4, -0.2) is 34.6 Å². The fraction of sp³-hybridized carbons (Fsp3) is 1.00. The summed E-state index contributed by atoms with van der Waals surface area (Å²) in [5.41, 5.74) is 0. The number of nitrogens with zero attached hydrogens (tertiary/aromatic N) is 1. The van der Waals surface area contributed by atoms with Crippen LogP contribution in [0.25, 0.3) is 0 Å². The van der Waals surface area contributed by atoms with E-state index in [-0.39, 0.29) is 13.0 Å². The molecule has 0 bridgehead atoms. The second kappa shape index (κ2) is 2.44. The average molecular weight is 117 g/mol. The zero-order valence-electron chi connectivity index (χ0n) is 4.75. The largest absolute Gasteiger partial charge is 0.381 e. The Morgan fingerprint density at radius 1 is 1.62 bits per heavy atom. The number of hydrogen-bond acceptors (Lipinski definition) is 3. The molecule has 1 heterocycles. The van der Waals surface area contributed by atoms with Gasteiger partial charge < -0.3 is 10.2 Å². The maximum Gasteiger partial charge on any atom is 0.109 e. The smallest absolute Gasteiger partial charge is 0.109 e. The lowest BCUT2D eigenvalue weighted by atomic mass is 10.4. The van der Waals surface area contributed by atoms with Crippen molar-refractivity contribution in [1.29, 1.82) is 0 Å². The van der Waals surface area contributed by atoms with Gasteiger partial charge in [-0.3, -0.25) is 4.90 Å². The standard InChI is InChI=1S/C5H11NO2/c7-4-6-3-1-2-5(6)8/h5,7-8H,1-4H2. The first-order valence-corrected chi connectivity index (χ1v) is 2.87. The zero-order valence-corrected chi connectivity index (χ0v) is 4.75. The van der Waals surface area contributed by atoms with Gasteiger partial charge in [0.15, 0.2) is 0 Å². The molecule has 3 heteroatoms. The van der Waals surface area contributed by atoms with Crippen molar-refractivity contribution in [2.45, 2.75) is 19.1 Å². The van der Waals surface area contributed by atoms with Crippen LogP contribution < -0.4 is 0 Å². The molecule has 0 aromatic carbocycles. The van der Waals surface area contributed by atoms with Gasteiger partial charge in [0.2, 0.25) is 0 Å². The molecule has 1 unspecified atom stereocenters. The summed E-state index contributed by atoms with van der Waals surface area (Å²) in [4.78, 5) is 1.64. The Morgan fingerprint density at radius 2 is 2.38 bits per heavy atom. The van der Waals surface area contributed by atoms with Crippen molar-refractivity contribution in [2.75, 3.05) is 13.3 Å². The van der Waals surface area contributed by atoms with Gasteiger partial charge in [-0.2, -0.15) is 0 Å². The van der Waals surface area contributed by atoms with E-state index in [0.717, 1.165) is 19.4 Å². The molecule has 0 radical (unpaired) electrons. The van der Waals surface area contributed by atoms with Gasteiger partial charge in [-0.05, 0) is 12.8 Å². The summed E-state index contributed by atoms with van der Waals surface area (Å²) in [6, 6.07) is 0. The summed E-state index contributed by atoms with van der Waals surface area (Å²) in [7, 11) is 0. The van der Waals surface area contributed by atoms with Crippen LogP contribution in [0, 0.1) is 0 Å². The van der Waals surface area contributed by atoms with Crippen LogP contribution in [0.15, 0.2) is 0 Å². The molecule has 1 aliphatic heterocycles. The summed E-state index contributed by atoms with van der Waals surface area (Å²) in [5.74, 6) is 0. The fourth-order valence-corrected chi connectivity index (χ4v) is 0.974. The molecule has 48 valence electrons. The van der Waals surface area contributed by atoms with E-state index in [2.05, 4.69) is 0 Å². The minimum absolute atomic E-state index is 0.0127. The average Bonchev–Trinajstić information content (AvgIpc) is 2.14. The lowest BCUT2D eigenvalue weighted by molar-refractivity contribution is -0.0155. The molecule has 1 saturated heterocycles. The first-order chi connectivity index (χ1) is 3.84. The van der Waals surface area contributed by atoms with Gasteiger partial charge in [-0.15, -0.1) is 0 Å². The van der Waals surface area contributed by atoms with Crippen molar-refractivity contribution >= 4 is 0 Å². The third kappa shape index (κ3) is 0.992. The van der Waals surface area contributed by atoms with Gasteiger partial charge in [0.05, 0.1) is 6.73 Å². The van der Waals surface area contributed by atoms with Crippen molar-refractivity contribution in [3.8, 4) is 0 Å². The number of rotatable bonds is 1. The maximum atomic E-state index is 8.95.